The number of quaternary nitrogens is 1. The lowest BCUT2D eigenvalue weighted by Crippen LogP contribution is -2.35. The molecule has 0 saturated heterocycles. The third kappa shape index (κ3) is 31.5. The van der Waals surface area contributed by atoms with Crippen LogP contribution in [-0.2, 0) is 33.4 Å². The lowest BCUT2D eigenvalue weighted by molar-refractivity contribution is -1.06. The van der Waals surface area contributed by atoms with Crippen LogP contribution >= 0.6 is 0 Å². The maximum Gasteiger partial charge on any atom is 0.313 e. The number of ether oxygens (including phenoxy) is 4. The third-order valence-corrected chi connectivity index (χ3v) is 6.52. The Morgan fingerprint density at radius 1 is 0.575 bits per heavy atom. The van der Waals surface area contributed by atoms with E-state index >= 15 is 0 Å². The topological polar surface area (TPSA) is 80.3 Å². The third-order valence-electron chi connectivity index (χ3n) is 6.52. The number of rotatable bonds is 31. The minimum absolute atomic E-state index is 0.210. The van der Waals surface area contributed by atoms with Crippen LogP contribution in [0.5, 0.6) is 0 Å². The number of nitrogens with zero attached hydrogens (tertiary/aromatic N) is 1. The molecule has 238 valence electrons. The molecular weight excluding hydrogens is 510 g/mol. The van der Waals surface area contributed by atoms with Gasteiger partial charge in [0.2, 0.25) is 0 Å². The zero-order valence-corrected chi connectivity index (χ0v) is 26.9. The van der Waals surface area contributed by atoms with Crippen LogP contribution in [0, 0.1) is 0 Å². The number of hydrogen-bond donors (Lipinski definition) is 0. The van der Waals surface area contributed by atoms with Gasteiger partial charge in [-0.1, -0.05) is 103 Å². The molecule has 0 bridgehead atoms. The van der Waals surface area contributed by atoms with E-state index in [4.69, 9.17) is 23.8 Å². The van der Waals surface area contributed by atoms with Crippen LogP contribution in [0.2, 0.25) is 0 Å². The fraction of sp³-hybridized carbons (Fsp3) is 0.938. The van der Waals surface area contributed by atoms with Crippen molar-refractivity contribution < 1.29 is 38.0 Å². The van der Waals surface area contributed by atoms with Crippen molar-refractivity contribution in [2.75, 3.05) is 67.4 Å². The van der Waals surface area contributed by atoms with Gasteiger partial charge >= 0.3 is 5.97 Å². The Labute approximate surface area is 246 Å². The average molecular weight is 575 g/mol. The summed E-state index contributed by atoms with van der Waals surface area (Å²) >= 11 is 0. The van der Waals surface area contributed by atoms with Crippen molar-refractivity contribution in [1.29, 1.82) is 0 Å². The summed E-state index contributed by atoms with van der Waals surface area (Å²) in [4.78, 5) is 28.7. The number of esters is 1. The van der Waals surface area contributed by atoms with Gasteiger partial charge in [-0.3, -0.25) is 9.59 Å². The molecule has 0 saturated carbocycles. The van der Waals surface area contributed by atoms with Crippen molar-refractivity contribution in [2.45, 2.75) is 129 Å². The quantitative estimate of drug-likeness (QED) is 0.0295. The van der Waals surface area contributed by atoms with Gasteiger partial charge in [0.15, 0.2) is 0 Å². The van der Waals surface area contributed by atoms with Crippen molar-refractivity contribution in [1.82, 2.24) is 0 Å². The number of Topliss-reactive ketones (excluding diaryl/α,β-unsaturated/α-hetero) is 1. The van der Waals surface area contributed by atoms with Crippen molar-refractivity contribution in [2.24, 2.45) is 0 Å². The van der Waals surface area contributed by atoms with E-state index in [2.05, 4.69) is 6.92 Å². The van der Waals surface area contributed by atoms with Gasteiger partial charge in [-0.2, -0.15) is 4.65 Å². The predicted molar refractivity (Wildman–Crippen MR) is 161 cm³/mol. The number of carbonyl (C=O) groups excluding carboxylic acids is 2. The highest BCUT2D eigenvalue weighted by atomic mass is 16.7. The number of hydrogen-bond acceptors (Lipinski definition) is 7. The predicted octanol–water partition coefficient (Wildman–Crippen LogP) is 6.83. The molecule has 8 heteroatoms. The van der Waals surface area contributed by atoms with Gasteiger partial charge in [0.05, 0.1) is 54.2 Å². The minimum atomic E-state index is -0.541. The summed E-state index contributed by atoms with van der Waals surface area (Å²) in [5.41, 5.74) is 0. The molecule has 0 aromatic rings. The number of ketones is 1. The van der Waals surface area contributed by atoms with Crippen molar-refractivity contribution in [3.63, 3.8) is 0 Å². The second-order valence-electron chi connectivity index (χ2n) is 11.8. The van der Waals surface area contributed by atoms with Crippen LogP contribution in [0.1, 0.15) is 123 Å². The molecule has 1 unspecified atom stereocenters. The zero-order chi connectivity index (χ0) is 29.7. The molecule has 40 heavy (non-hydrogen) atoms. The number of unbranched alkanes of at least 4 members (excludes halogenated alkanes) is 15. The van der Waals surface area contributed by atoms with E-state index in [1.807, 2.05) is 21.1 Å². The summed E-state index contributed by atoms with van der Waals surface area (Å²) in [6, 6.07) is 0. The summed E-state index contributed by atoms with van der Waals surface area (Å²) in [5, 5.41) is 0. The van der Waals surface area contributed by atoms with E-state index in [1.54, 1.807) is 0 Å². The summed E-state index contributed by atoms with van der Waals surface area (Å²) in [7, 11) is 5.83. The van der Waals surface area contributed by atoms with Crippen molar-refractivity contribution >= 4 is 11.8 Å². The first kappa shape index (κ1) is 38.9. The Hall–Kier alpha value is -1.06. The van der Waals surface area contributed by atoms with Crippen molar-refractivity contribution in [3.05, 3.63) is 0 Å². The molecule has 0 aliphatic heterocycles. The standard InChI is InChI=1S/C32H64NO7/c1-6-7-8-9-10-11-12-13-14-15-16-17-18-19-20-21-22-37-28-31(40-32(35)27-30(2)34)29-38-24-23-36-25-26-39-33(3,4)5/h31H,6-29H2,1-5H3/q+1. The summed E-state index contributed by atoms with van der Waals surface area (Å²) in [6.07, 6.45) is 20.6. The molecule has 0 radical (unpaired) electrons. The van der Waals surface area contributed by atoms with E-state index in [0.29, 0.717) is 37.7 Å². The van der Waals surface area contributed by atoms with Gasteiger partial charge in [-0.05, 0) is 13.3 Å². The Morgan fingerprint density at radius 2 is 1.00 bits per heavy atom. The zero-order valence-electron chi connectivity index (χ0n) is 26.9. The Balaban J connectivity index is 3.76. The molecule has 0 aromatic heterocycles. The molecule has 0 fully saturated rings. The molecule has 8 nitrogen and oxygen atoms in total. The van der Waals surface area contributed by atoms with E-state index in [-0.39, 0.29) is 25.4 Å². The molecule has 1 atom stereocenters. The minimum Gasteiger partial charge on any atom is -0.457 e. The van der Waals surface area contributed by atoms with E-state index in [0.717, 1.165) is 12.8 Å². The molecule has 0 spiro atoms. The Kier molecular flexibility index (Phi) is 27.3. The monoisotopic (exact) mass is 574 g/mol. The average Bonchev–Trinajstić information content (AvgIpc) is 2.88. The maximum atomic E-state index is 11.9. The summed E-state index contributed by atoms with van der Waals surface area (Å²) in [5.74, 6) is -0.760. The number of carbonyl (C=O) groups is 2. The molecule has 0 aromatic carbocycles. The van der Waals surface area contributed by atoms with Gasteiger partial charge < -0.3 is 18.9 Å². The summed E-state index contributed by atoms with van der Waals surface area (Å²) in [6.45, 7) is 6.55. The summed E-state index contributed by atoms with van der Waals surface area (Å²) < 4.78 is 22.7. The van der Waals surface area contributed by atoms with Gasteiger partial charge in [0.1, 0.15) is 24.9 Å². The lowest BCUT2D eigenvalue weighted by Gasteiger charge is -2.21. The van der Waals surface area contributed by atoms with Crippen LogP contribution in [0.25, 0.3) is 0 Å². The fourth-order valence-electron chi connectivity index (χ4n) is 4.32. The van der Waals surface area contributed by atoms with Crippen LogP contribution in [0.3, 0.4) is 0 Å². The first-order valence-electron chi connectivity index (χ1n) is 16.1. The van der Waals surface area contributed by atoms with E-state index in [9.17, 15) is 9.59 Å². The highest BCUT2D eigenvalue weighted by Crippen LogP contribution is 2.14. The number of hydroxylamine groups is 3. The second kappa shape index (κ2) is 28.1. The van der Waals surface area contributed by atoms with Crippen LogP contribution < -0.4 is 0 Å². The Bertz CT molecular complexity index is 580. The molecule has 0 aliphatic rings. The first-order chi connectivity index (χ1) is 19.2. The maximum absolute atomic E-state index is 11.9. The van der Waals surface area contributed by atoms with Crippen molar-refractivity contribution in [3.8, 4) is 0 Å². The molecule has 0 rings (SSSR count). The highest BCUT2D eigenvalue weighted by molar-refractivity contribution is 5.94. The molecule has 0 heterocycles. The van der Waals surface area contributed by atoms with Crippen LogP contribution in [-0.4, -0.2) is 89.9 Å². The largest absolute Gasteiger partial charge is 0.457 e. The van der Waals surface area contributed by atoms with Crippen LogP contribution in [0.15, 0.2) is 0 Å². The van der Waals surface area contributed by atoms with Crippen LogP contribution in [0.4, 0.5) is 0 Å². The molecule has 0 aliphatic carbocycles. The van der Waals surface area contributed by atoms with Gasteiger partial charge in [0.25, 0.3) is 0 Å². The van der Waals surface area contributed by atoms with Gasteiger partial charge in [-0.15, -0.1) is 0 Å². The van der Waals surface area contributed by atoms with Gasteiger partial charge in [-0.25, -0.2) is 4.84 Å². The van der Waals surface area contributed by atoms with Gasteiger partial charge in [0, 0.05) is 6.61 Å². The molecule has 0 amide bonds. The fourth-order valence-corrected chi connectivity index (χ4v) is 4.32. The lowest BCUT2D eigenvalue weighted by atomic mass is 10.0. The molecule has 0 N–H and O–H groups in total. The normalized spacial score (nSPS) is 12.5. The second-order valence-corrected chi connectivity index (χ2v) is 11.8. The Morgan fingerprint density at radius 3 is 1.48 bits per heavy atom. The first-order valence-corrected chi connectivity index (χ1v) is 16.1. The molecular formula is C32H64NO7+. The van der Waals surface area contributed by atoms with E-state index in [1.165, 1.54) is 96.8 Å². The SMILES string of the molecule is CCCCCCCCCCCCCCCCCCOCC(COCCOCCO[N+](C)(C)C)OC(=O)CC(C)=O. The smallest absolute Gasteiger partial charge is 0.313 e. The van der Waals surface area contributed by atoms with E-state index < -0.39 is 12.1 Å². The highest BCUT2D eigenvalue weighted by Gasteiger charge is 2.17.